The van der Waals surface area contributed by atoms with Crippen LogP contribution in [0.5, 0.6) is 0 Å². The summed E-state index contributed by atoms with van der Waals surface area (Å²) in [6.45, 7) is 7.73. The number of para-hydroxylation sites is 1. The Morgan fingerprint density at radius 2 is 1.62 bits per heavy atom. The van der Waals surface area contributed by atoms with Gasteiger partial charge in [0.05, 0.1) is 11.1 Å². The van der Waals surface area contributed by atoms with Crippen molar-refractivity contribution in [2.45, 2.75) is 13.8 Å². The number of nitrogens with zero attached hydrogens (tertiary/aromatic N) is 3. The van der Waals surface area contributed by atoms with E-state index in [1.54, 1.807) is 0 Å². The number of carbonyl (C=O) groups excluding carboxylic acids is 1. The maximum absolute atomic E-state index is 11.7. The summed E-state index contributed by atoms with van der Waals surface area (Å²) in [5.74, 6) is 0.812. The summed E-state index contributed by atoms with van der Waals surface area (Å²) < 4.78 is 0. The normalized spacial score (nSPS) is 14.7. The van der Waals surface area contributed by atoms with Crippen molar-refractivity contribution in [1.29, 1.82) is 0 Å². The third-order valence-electron chi connectivity index (χ3n) is 5.09. The van der Waals surface area contributed by atoms with Crippen molar-refractivity contribution in [3.63, 3.8) is 0 Å². The Bertz CT molecular complexity index is 945. The summed E-state index contributed by atoms with van der Waals surface area (Å²) in [4.78, 5) is 21.2. The lowest BCUT2D eigenvalue weighted by Gasteiger charge is -2.37. The summed E-state index contributed by atoms with van der Waals surface area (Å²) >= 11 is 0. The number of hydrogen-bond acceptors (Lipinski definition) is 4. The SMILES string of the molecule is Cc1cc(C)c2nc(N3CCN(c4ccccc4)CC3)c(C=O)cc2c1. The standard InChI is InChI=1S/C22H23N3O/c1-16-12-17(2)21-18(13-16)14-19(15-26)22(23-21)25-10-8-24(9-11-25)20-6-4-3-5-7-20/h3-7,12-15H,8-11H2,1-2H3. The highest BCUT2D eigenvalue weighted by molar-refractivity contribution is 5.93. The van der Waals surface area contributed by atoms with Crippen molar-refractivity contribution in [2.24, 2.45) is 0 Å². The zero-order valence-corrected chi connectivity index (χ0v) is 15.3. The van der Waals surface area contributed by atoms with Crippen LogP contribution >= 0.6 is 0 Å². The fourth-order valence-electron chi connectivity index (χ4n) is 3.81. The molecule has 4 heteroatoms. The van der Waals surface area contributed by atoms with Crippen LogP contribution in [-0.4, -0.2) is 37.4 Å². The number of hydrogen-bond donors (Lipinski definition) is 0. The van der Waals surface area contributed by atoms with Crippen molar-refractivity contribution < 1.29 is 4.79 Å². The predicted molar refractivity (Wildman–Crippen MR) is 107 cm³/mol. The van der Waals surface area contributed by atoms with E-state index in [0.717, 1.165) is 54.7 Å². The average molecular weight is 345 g/mol. The van der Waals surface area contributed by atoms with Gasteiger partial charge in [-0.1, -0.05) is 29.8 Å². The molecular formula is C22H23N3O. The van der Waals surface area contributed by atoms with Gasteiger partial charge in [-0.05, 0) is 43.7 Å². The third kappa shape index (κ3) is 3.03. The number of anilines is 2. The quantitative estimate of drug-likeness (QED) is 0.673. The van der Waals surface area contributed by atoms with Crippen LogP contribution in [-0.2, 0) is 0 Å². The second-order valence-corrected chi connectivity index (χ2v) is 6.98. The number of piperazine rings is 1. The maximum atomic E-state index is 11.7. The van der Waals surface area contributed by atoms with Gasteiger partial charge in [-0.15, -0.1) is 0 Å². The van der Waals surface area contributed by atoms with Crippen LogP contribution in [0.3, 0.4) is 0 Å². The fraction of sp³-hybridized carbons (Fsp3) is 0.273. The largest absolute Gasteiger partial charge is 0.368 e. The highest BCUT2D eigenvalue weighted by Crippen LogP contribution is 2.27. The van der Waals surface area contributed by atoms with Crippen LogP contribution in [0.2, 0.25) is 0 Å². The monoisotopic (exact) mass is 345 g/mol. The average Bonchev–Trinajstić information content (AvgIpc) is 2.68. The van der Waals surface area contributed by atoms with Gasteiger partial charge in [0.1, 0.15) is 5.82 Å². The minimum atomic E-state index is 0.677. The Labute approximate surface area is 154 Å². The molecule has 132 valence electrons. The first-order chi connectivity index (χ1) is 12.7. The molecule has 0 N–H and O–H groups in total. The van der Waals surface area contributed by atoms with Crippen LogP contribution < -0.4 is 9.80 Å². The van der Waals surface area contributed by atoms with E-state index in [1.807, 2.05) is 12.1 Å². The minimum Gasteiger partial charge on any atom is -0.368 e. The molecule has 1 aliphatic heterocycles. The number of fused-ring (bicyclic) bond motifs is 1. The van der Waals surface area contributed by atoms with Gasteiger partial charge in [0.2, 0.25) is 0 Å². The second kappa shape index (κ2) is 6.79. The Hall–Kier alpha value is -2.88. The second-order valence-electron chi connectivity index (χ2n) is 6.98. The van der Waals surface area contributed by atoms with E-state index in [0.29, 0.717) is 5.56 Å². The highest BCUT2D eigenvalue weighted by Gasteiger charge is 2.21. The molecule has 1 saturated heterocycles. The van der Waals surface area contributed by atoms with Crippen LogP contribution in [0.15, 0.2) is 48.5 Å². The predicted octanol–water partition coefficient (Wildman–Crippen LogP) is 3.99. The van der Waals surface area contributed by atoms with E-state index in [9.17, 15) is 4.79 Å². The molecule has 0 bridgehead atoms. The topological polar surface area (TPSA) is 36.4 Å². The molecule has 3 aromatic rings. The van der Waals surface area contributed by atoms with Crippen molar-refractivity contribution in [2.75, 3.05) is 36.0 Å². The molecule has 0 unspecified atom stereocenters. The molecule has 4 rings (SSSR count). The number of benzene rings is 2. The van der Waals surface area contributed by atoms with Gasteiger partial charge in [0, 0.05) is 37.3 Å². The van der Waals surface area contributed by atoms with E-state index in [1.165, 1.54) is 11.3 Å². The summed E-state index contributed by atoms with van der Waals surface area (Å²) in [5, 5.41) is 1.04. The Morgan fingerprint density at radius 1 is 0.923 bits per heavy atom. The zero-order valence-electron chi connectivity index (χ0n) is 15.3. The first kappa shape index (κ1) is 16.6. The van der Waals surface area contributed by atoms with E-state index < -0.39 is 0 Å². The molecule has 1 aliphatic rings. The Morgan fingerprint density at radius 3 is 2.31 bits per heavy atom. The first-order valence-electron chi connectivity index (χ1n) is 9.08. The molecule has 1 aromatic heterocycles. The van der Waals surface area contributed by atoms with Crippen LogP contribution in [0.25, 0.3) is 10.9 Å². The number of rotatable bonds is 3. The van der Waals surface area contributed by atoms with Gasteiger partial charge in [-0.2, -0.15) is 0 Å². The van der Waals surface area contributed by atoms with E-state index in [2.05, 4.69) is 60.0 Å². The molecule has 0 saturated carbocycles. The Balaban J connectivity index is 1.64. The molecule has 0 radical (unpaired) electrons. The fourth-order valence-corrected chi connectivity index (χ4v) is 3.81. The smallest absolute Gasteiger partial charge is 0.153 e. The molecule has 0 amide bonds. The van der Waals surface area contributed by atoms with Gasteiger partial charge in [0.25, 0.3) is 0 Å². The van der Waals surface area contributed by atoms with E-state index in [-0.39, 0.29) is 0 Å². The van der Waals surface area contributed by atoms with Gasteiger partial charge in [-0.3, -0.25) is 4.79 Å². The summed E-state index contributed by atoms with van der Waals surface area (Å²) in [5.41, 5.74) is 5.26. The van der Waals surface area contributed by atoms with Crippen molar-refractivity contribution in [1.82, 2.24) is 4.98 Å². The van der Waals surface area contributed by atoms with Crippen LogP contribution in [0.4, 0.5) is 11.5 Å². The molecular weight excluding hydrogens is 322 g/mol. The minimum absolute atomic E-state index is 0.677. The van der Waals surface area contributed by atoms with Crippen molar-refractivity contribution in [3.8, 4) is 0 Å². The molecule has 0 atom stereocenters. The number of pyridine rings is 1. The molecule has 2 aromatic carbocycles. The number of carbonyl (C=O) groups is 1. The lowest BCUT2D eigenvalue weighted by Crippen LogP contribution is -2.47. The van der Waals surface area contributed by atoms with Crippen LogP contribution in [0, 0.1) is 13.8 Å². The third-order valence-corrected chi connectivity index (χ3v) is 5.09. The number of aromatic nitrogens is 1. The maximum Gasteiger partial charge on any atom is 0.153 e. The molecule has 0 spiro atoms. The molecule has 1 fully saturated rings. The molecule has 2 heterocycles. The Kier molecular flexibility index (Phi) is 4.33. The molecule has 0 aliphatic carbocycles. The summed E-state index contributed by atoms with van der Waals surface area (Å²) in [6.07, 6.45) is 0.934. The van der Waals surface area contributed by atoms with Gasteiger partial charge in [-0.25, -0.2) is 4.98 Å². The van der Waals surface area contributed by atoms with Crippen molar-refractivity contribution >= 4 is 28.7 Å². The van der Waals surface area contributed by atoms with Gasteiger partial charge >= 0.3 is 0 Å². The first-order valence-corrected chi connectivity index (χ1v) is 9.08. The lowest BCUT2D eigenvalue weighted by molar-refractivity contribution is 0.112. The highest BCUT2D eigenvalue weighted by atomic mass is 16.1. The number of aryl methyl sites for hydroxylation is 2. The van der Waals surface area contributed by atoms with Gasteiger partial charge < -0.3 is 9.80 Å². The zero-order chi connectivity index (χ0) is 18.1. The summed E-state index contributed by atoms with van der Waals surface area (Å²) in [6, 6.07) is 16.7. The molecule has 4 nitrogen and oxygen atoms in total. The van der Waals surface area contributed by atoms with E-state index >= 15 is 0 Å². The lowest BCUT2D eigenvalue weighted by atomic mass is 10.0. The van der Waals surface area contributed by atoms with E-state index in [4.69, 9.17) is 4.98 Å². The number of aldehydes is 1. The van der Waals surface area contributed by atoms with Crippen LogP contribution in [0.1, 0.15) is 21.5 Å². The molecule has 26 heavy (non-hydrogen) atoms. The van der Waals surface area contributed by atoms with Crippen molar-refractivity contribution in [3.05, 3.63) is 65.2 Å². The van der Waals surface area contributed by atoms with Gasteiger partial charge in [0.15, 0.2) is 6.29 Å². The summed E-state index contributed by atoms with van der Waals surface area (Å²) in [7, 11) is 0.